The molecule has 1 aliphatic heterocycles. The Morgan fingerprint density at radius 3 is 3.00 bits per heavy atom. The van der Waals surface area contributed by atoms with Crippen molar-refractivity contribution in [1.82, 2.24) is 9.97 Å². The van der Waals surface area contributed by atoms with Crippen LogP contribution < -0.4 is 15.4 Å². The highest BCUT2D eigenvalue weighted by molar-refractivity contribution is 6.29. The number of nitrogens with zero attached hydrogens (tertiary/aromatic N) is 3. The van der Waals surface area contributed by atoms with Crippen molar-refractivity contribution in [3.63, 3.8) is 0 Å². The van der Waals surface area contributed by atoms with Gasteiger partial charge in [-0.05, 0) is 42.6 Å². The first-order valence-corrected chi connectivity index (χ1v) is 7.06. The Hall–Kier alpha value is -1.59. The van der Waals surface area contributed by atoms with E-state index in [4.69, 9.17) is 22.1 Å². The molecule has 2 heterocycles. The lowest BCUT2D eigenvalue weighted by molar-refractivity contribution is 0.419. The zero-order valence-corrected chi connectivity index (χ0v) is 12.1. The van der Waals surface area contributed by atoms with Crippen LogP contribution in [-0.2, 0) is 0 Å². The van der Waals surface area contributed by atoms with Gasteiger partial charge in [-0.1, -0.05) is 6.07 Å². The maximum atomic E-state index is 6.07. The highest BCUT2D eigenvalue weighted by Crippen LogP contribution is 2.33. The van der Waals surface area contributed by atoms with Crippen molar-refractivity contribution in [3.05, 3.63) is 23.5 Å². The van der Waals surface area contributed by atoms with Gasteiger partial charge in [0.1, 0.15) is 17.1 Å². The van der Waals surface area contributed by atoms with Crippen molar-refractivity contribution in [2.75, 3.05) is 31.6 Å². The summed E-state index contributed by atoms with van der Waals surface area (Å²) >= 11 is 6.07. The number of halogens is 1. The van der Waals surface area contributed by atoms with Crippen LogP contribution in [-0.4, -0.2) is 36.7 Å². The van der Waals surface area contributed by atoms with Gasteiger partial charge in [0.25, 0.3) is 0 Å². The number of para-hydroxylation sites is 1. The average molecular weight is 293 g/mol. The van der Waals surface area contributed by atoms with E-state index in [9.17, 15) is 0 Å². The fourth-order valence-corrected chi connectivity index (χ4v) is 2.87. The summed E-state index contributed by atoms with van der Waals surface area (Å²) in [4.78, 5) is 10.9. The van der Waals surface area contributed by atoms with Crippen molar-refractivity contribution < 1.29 is 4.74 Å². The standard InChI is InChI=1S/C14H17ClN4O/c1-20-11-4-2-3-10-12(11)17-14(15)18-13(10)19-6-5-9(7-16)8-19/h2-4,9H,5-8,16H2,1H3. The molecule has 1 unspecified atom stereocenters. The lowest BCUT2D eigenvalue weighted by Crippen LogP contribution is -2.23. The SMILES string of the molecule is COc1cccc2c(N3CCC(CN)C3)nc(Cl)nc12. The molecule has 20 heavy (non-hydrogen) atoms. The highest BCUT2D eigenvalue weighted by Gasteiger charge is 2.24. The largest absolute Gasteiger partial charge is 0.494 e. The number of ether oxygens (including phenoxy) is 1. The van der Waals surface area contributed by atoms with Gasteiger partial charge in [-0.15, -0.1) is 0 Å². The molecule has 0 bridgehead atoms. The van der Waals surface area contributed by atoms with Crippen LogP contribution >= 0.6 is 11.6 Å². The number of anilines is 1. The number of hydrogen-bond acceptors (Lipinski definition) is 5. The molecule has 106 valence electrons. The number of aromatic nitrogens is 2. The van der Waals surface area contributed by atoms with Gasteiger partial charge in [-0.2, -0.15) is 4.98 Å². The second-order valence-electron chi connectivity index (χ2n) is 5.01. The molecule has 3 rings (SSSR count). The molecule has 1 atom stereocenters. The molecular weight excluding hydrogens is 276 g/mol. The first kappa shape index (κ1) is 13.4. The molecule has 1 aromatic carbocycles. The molecule has 2 aromatic rings. The van der Waals surface area contributed by atoms with E-state index in [0.29, 0.717) is 18.2 Å². The molecule has 0 radical (unpaired) electrons. The fraction of sp³-hybridized carbons (Fsp3) is 0.429. The molecule has 2 N–H and O–H groups in total. The monoisotopic (exact) mass is 292 g/mol. The fourth-order valence-electron chi connectivity index (χ4n) is 2.71. The Labute approximate surface area is 122 Å². The Morgan fingerprint density at radius 2 is 2.30 bits per heavy atom. The van der Waals surface area contributed by atoms with Crippen molar-refractivity contribution in [3.8, 4) is 5.75 Å². The third-order valence-corrected chi connectivity index (χ3v) is 3.95. The number of rotatable bonds is 3. The minimum absolute atomic E-state index is 0.244. The number of benzene rings is 1. The quantitative estimate of drug-likeness (QED) is 0.878. The summed E-state index contributed by atoms with van der Waals surface area (Å²) in [5, 5.41) is 1.21. The summed E-state index contributed by atoms with van der Waals surface area (Å²) in [5.41, 5.74) is 6.51. The van der Waals surface area contributed by atoms with Crippen LogP contribution in [0.5, 0.6) is 5.75 Å². The molecular formula is C14H17ClN4O. The minimum atomic E-state index is 0.244. The molecule has 0 amide bonds. The number of nitrogens with two attached hydrogens (primary N) is 1. The van der Waals surface area contributed by atoms with Crippen LogP contribution in [0.4, 0.5) is 5.82 Å². The third kappa shape index (κ3) is 2.27. The maximum Gasteiger partial charge on any atom is 0.225 e. The summed E-state index contributed by atoms with van der Waals surface area (Å²) < 4.78 is 5.35. The molecule has 1 aromatic heterocycles. The van der Waals surface area contributed by atoms with Gasteiger partial charge in [-0.25, -0.2) is 4.98 Å². The molecule has 1 aliphatic rings. The Kier molecular flexibility index (Phi) is 3.63. The Morgan fingerprint density at radius 1 is 1.45 bits per heavy atom. The average Bonchev–Trinajstić information content (AvgIpc) is 2.94. The van der Waals surface area contributed by atoms with E-state index < -0.39 is 0 Å². The van der Waals surface area contributed by atoms with Crippen molar-refractivity contribution in [2.45, 2.75) is 6.42 Å². The van der Waals surface area contributed by atoms with E-state index >= 15 is 0 Å². The number of hydrogen-bond donors (Lipinski definition) is 1. The van der Waals surface area contributed by atoms with Gasteiger partial charge in [-0.3, -0.25) is 0 Å². The number of methoxy groups -OCH3 is 1. The summed E-state index contributed by atoms with van der Waals surface area (Å²) in [6.07, 6.45) is 1.09. The van der Waals surface area contributed by atoms with E-state index in [-0.39, 0.29) is 5.28 Å². The third-order valence-electron chi connectivity index (χ3n) is 3.78. The zero-order chi connectivity index (χ0) is 14.1. The molecule has 5 nitrogen and oxygen atoms in total. The number of fused-ring (bicyclic) bond motifs is 1. The normalized spacial score (nSPS) is 18.8. The first-order valence-electron chi connectivity index (χ1n) is 6.68. The van der Waals surface area contributed by atoms with Gasteiger partial charge in [0.15, 0.2) is 0 Å². The summed E-state index contributed by atoms with van der Waals surface area (Å²) in [5.74, 6) is 2.10. The van der Waals surface area contributed by atoms with Crippen molar-refractivity contribution in [1.29, 1.82) is 0 Å². The first-order chi connectivity index (χ1) is 9.72. The summed E-state index contributed by atoms with van der Waals surface area (Å²) in [7, 11) is 1.63. The maximum absolute atomic E-state index is 6.07. The van der Waals surface area contributed by atoms with E-state index in [1.807, 2.05) is 18.2 Å². The van der Waals surface area contributed by atoms with Crippen LogP contribution in [0, 0.1) is 5.92 Å². The van der Waals surface area contributed by atoms with Gasteiger partial charge >= 0.3 is 0 Å². The molecule has 1 saturated heterocycles. The molecule has 6 heteroatoms. The van der Waals surface area contributed by atoms with Crippen LogP contribution in [0.15, 0.2) is 18.2 Å². The zero-order valence-electron chi connectivity index (χ0n) is 11.3. The van der Waals surface area contributed by atoms with Crippen LogP contribution in [0.2, 0.25) is 5.28 Å². The topological polar surface area (TPSA) is 64.3 Å². The van der Waals surface area contributed by atoms with Crippen molar-refractivity contribution in [2.24, 2.45) is 11.7 Å². The predicted octanol–water partition coefficient (Wildman–Crippen LogP) is 2.08. The smallest absolute Gasteiger partial charge is 0.225 e. The van der Waals surface area contributed by atoms with Crippen LogP contribution in [0.25, 0.3) is 10.9 Å². The summed E-state index contributed by atoms with van der Waals surface area (Å²) in [6, 6.07) is 5.82. The second kappa shape index (κ2) is 5.42. The van der Waals surface area contributed by atoms with E-state index in [0.717, 1.165) is 36.2 Å². The second-order valence-corrected chi connectivity index (χ2v) is 5.35. The predicted molar refractivity (Wildman–Crippen MR) is 80.5 cm³/mol. The lowest BCUT2D eigenvalue weighted by Gasteiger charge is -2.19. The van der Waals surface area contributed by atoms with Crippen LogP contribution in [0.3, 0.4) is 0 Å². The van der Waals surface area contributed by atoms with E-state index in [1.165, 1.54) is 0 Å². The summed E-state index contributed by atoms with van der Waals surface area (Å²) in [6.45, 7) is 2.56. The Bertz CT molecular complexity index is 634. The highest BCUT2D eigenvalue weighted by atomic mass is 35.5. The molecule has 0 aliphatic carbocycles. The lowest BCUT2D eigenvalue weighted by atomic mass is 10.1. The van der Waals surface area contributed by atoms with Gasteiger partial charge in [0.2, 0.25) is 5.28 Å². The van der Waals surface area contributed by atoms with E-state index in [2.05, 4.69) is 14.9 Å². The molecule has 0 spiro atoms. The minimum Gasteiger partial charge on any atom is -0.494 e. The molecule has 1 fully saturated rings. The van der Waals surface area contributed by atoms with Crippen molar-refractivity contribution >= 4 is 28.3 Å². The van der Waals surface area contributed by atoms with E-state index in [1.54, 1.807) is 7.11 Å². The van der Waals surface area contributed by atoms with Gasteiger partial charge in [0.05, 0.1) is 7.11 Å². The molecule has 0 saturated carbocycles. The van der Waals surface area contributed by atoms with Gasteiger partial charge < -0.3 is 15.4 Å². The van der Waals surface area contributed by atoms with Gasteiger partial charge in [0, 0.05) is 18.5 Å². The Balaban J connectivity index is 2.11. The van der Waals surface area contributed by atoms with Crippen LogP contribution in [0.1, 0.15) is 6.42 Å².